The Hall–Kier alpha value is -1.07. The molecule has 2 N–H and O–H groups in total. The van der Waals surface area contributed by atoms with E-state index in [4.69, 9.17) is 0 Å². The van der Waals surface area contributed by atoms with Crippen LogP contribution in [-0.4, -0.2) is 21.2 Å². The van der Waals surface area contributed by atoms with Gasteiger partial charge < -0.3 is 5.32 Å². The second-order valence-corrected chi connectivity index (χ2v) is 5.86. The lowest BCUT2D eigenvalue weighted by Crippen LogP contribution is -2.17. The van der Waals surface area contributed by atoms with Gasteiger partial charge >= 0.3 is 0 Å². The molecule has 4 nitrogen and oxygen atoms in total. The van der Waals surface area contributed by atoms with Crippen molar-refractivity contribution in [2.45, 2.75) is 18.9 Å². The molecule has 1 saturated heterocycles. The smallest absolute Gasteiger partial charge is 0.229 e. The first kappa shape index (κ1) is 11.4. The molecule has 0 bridgehead atoms. The molecule has 2 rings (SSSR count). The van der Waals surface area contributed by atoms with Gasteiger partial charge in [-0.3, -0.25) is 4.72 Å². The standard InChI is InChI=1S/C11H16N2O2S/c1-16(14,15)13-11-6-3-2-5-9(11)10-7-4-8-12-10/h2-3,5-6,10,12-13H,4,7-8H2,1H3. The molecule has 0 aromatic heterocycles. The number of para-hydroxylation sites is 1. The minimum Gasteiger partial charge on any atom is -0.310 e. The zero-order valence-electron chi connectivity index (χ0n) is 9.23. The zero-order valence-corrected chi connectivity index (χ0v) is 10.0. The molecule has 1 aliphatic rings. The van der Waals surface area contributed by atoms with Gasteiger partial charge in [0, 0.05) is 6.04 Å². The maximum atomic E-state index is 11.2. The van der Waals surface area contributed by atoms with Crippen LogP contribution in [0.15, 0.2) is 24.3 Å². The number of nitrogens with one attached hydrogen (secondary N) is 2. The fourth-order valence-electron chi connectivity index (χ4n) is 2.04. The normalized spacial score (nSPS) is 20.9. The van der Waals surface area contributed by atoms with E-state index in [1.165, 1.54) is 6.26 Å². The second-order valence-electron chi connectivity index (χ2n) is 4.11. The molecule has 1 aromatic rings. The molecule has 1 aliphatic heterocycles. The Bertz CT molecular complexity index is 465. The van der Waals surface area contributed by atoms with Gasteiger partial charge in [-0.2, -0.15) is 0 Å². The van der Waals surface area contributed by atoms with Gasteiger partial charge in [0.05, 0.1) is 11.9 Å². The fraction of sp³-hybridized carbons (Fsp3) is 0.455. The Balaban J connectivity index is 2.30. The highest BCUT2D eigenvalue weighted by atomic mass is 32.2. The molecule has 1 atom stereocenters. The van der Waals surface area contributed by atoms with Crippen LogP contribution in [0.5, 0.6) is 0 Å². The van der Waals surface area contributed by atoms with Gasteiger partial charge in [0.25, 0.3) is 0 Å². The lowest BCUT2D eigenvalue weighted by molar-refractivity contribution is 0.606. The van der Waals surface area contributed by atoms with Crippen molar-refractivity contribution in [2.24, 2.45) is 0 Å². The molecular formula is C11H16N2O2S. The summed E-state index contributed by atoms with van der Waals surface area (Å²) in [4.78, 5) is 0. The van der Waals surface area contributed by atoms with Gasteiger partial charge in [-0.05, 0) is 31.0 Å². The molecule has 16 heavy (non-hydrogen) atoms. The van der Waals surface area contributed by atoms with E-state index in [0.29, 0.717) is 5.69 Å². The summed E-state index contributed by atoms with van der Waals surface area (Å²) < 4.78 is 25.0. The van der Waals surface area contributed by atoms with Gasteiger partial charge in [-0.1, -0.05) is 18.2 Å². The van der Waals surface area contributed by atoms with E-state index >= 15 is 0 Å². The minimum absolute atomic E-state index is 0.269. The molecule has 1 unspecified atom stereocenters. The SMILES string of the molecule is CS(=O)(=O)Nc1ccccc1C1CCCN1. The Morgan fingerprint density at radius 2 is 2.12 bits per heavy atom. The molecule has 0 aliphatic carbocycles. The van der Waals surface area contributed by atoms with Crippen LogP contribution in [0.25, 0.3) is 0 Å². The van der Waals surface area contributed by atoms with Crippen LogP contribution in [0.2, 0.25) is 0 Å². The van der Waals surface area contributed by atoms with Crippen LogP contribution in [0, 0.1) is 0 Å². The van der Waals surface area contributed by atoms with Crippen LogP contribution >= 0.6 is 0 Å². The maximum Gasteiger partial charge on any atom is 0.229 e. The van der Waals surface area contributed by atoms with Gasteiger partial charge in [-0.25, -0.2) is 8.42 Å². The van der Waals surface area contributed by atoms with E-state index in [0.717, 1.165) is 24.9 Å². The van der Waals surface area contributed by atoms with Crippen LogP contribution in [-0.2, 0) is 10.0 Å². The first-order chi connectivity index (χ1) is 7.56. The highest BCUT2D eigenvalue weighted by Gasteiger charge is 2.19. The summed E-state index contributed by atoms with van der Waals surface area (Å²) in [7, 11) is -3.21. The van der Waals surface area contributed by atoms with E-state index in [-0.39, 0.29) is 6.04 Å². The number of anilines is 1. The van der Waals surface area contributed by atoms with Crippen molar-refractivity contribution in [2.75, 3.05) is 17.5 Å². The largest absolute Gasteiger partial charge is 0.310 e. The summed E-state index contributed by atoms with van der Waals surface area (Å²) in [5, 5.41) is 3.36. The quantitative estimate of drug-likeness (QED) is 0.841. The van der Waals surface area contributed by atoms with E-state index < -0.39 is 10.0 Å². The third kappa shape index (κ3) is 2.74. The second kappa shape index (κ2) is 4.43. The molecule has 0 radical (unpaired) electrons. The first-order valence-corrected chi connectivity index (χ1v) is 7.25. The van der Waals surface area contributed by atoms with E-state index in [1.807, 2.05) is 18.2 Å². The third-order valence-corrected chi connectivity index (χ3v) is 3.28. The summed E-state index contributed by atoms with van der Waals surface area (Å²) in [5.74, 6) is 0. The molecule has 0 spiro atoms. The minimum atomic E-state index is -3.21. The molecule has 0 amide bonds. The molecule has 0 saturated carbocycles. The average molecular weight is 240 g/mol. The first-order valence-electron chi connectivity index (χ1n) is 5.36. The summed E-state index contributed by atoms with van der Waals surface area (Å²) >= 11 is 0. The summed E-state index contributed by atoms with van der Waals surface area (Å²) in [6.07, 6.45) is 3.37. The predicted octanol–water partition coefficient (Wildman–Crippen LogP) is 1.48. The van der Waals surface area contributed by atoms with E-state index in [1.54, 1.807) is 6.07 Å². The van der Waals surface area contributed by atoms with Crippen LogP contribution in [0.3, 0.4) is 0 Å². The number of benzene rings is 1. The number of rotatable bonds is 3. The van der Waals surface area contributed by atoms with Crippen molar-refractivity contribution >= 4 is 15.7 Å². The summed E-state index contributed by atoms with van der Waals surface area (Å²) in [6.45, 7) is 0.998. The van der Waals surface area contributed by atoms with Crippen molar-refractivity contribution in [3.8, 4) is 0 Å². The topological polar surface area (TPSA) is 58.2 Å². The monoisotopic (exact) mass is 240 g/mol. The lowest BCUT2D eigenvalue weighted by atomic mass is 10.0. The fourth-order valence-corrected chi connectivity index (χ4v) is 2.63. The highest BCUT2D eigenvalue weighted by molar-refractivity contribution is 7.92. The molecule has 1 heterocycles. The number of hydrogen-bond donors (Lipinski definition) is 2. The van der Waals surface area contributed by atoms with Crippen LogP contribution < -0.4 is 10.0 Å². The van der Waals surface area contributed by atoms with Crippen LogP contribution in [0.4, 0.5) is 5.69 Å². The summed E-state index contributed by atoms with van der Waals surface area (Å²) in [5.41, 5.74) is 1.72. The number of sulfonamides is 1. The highest BCUT2D eigenvalue weighted by Crippen LogP contribution is 2.29. The molecular weight excluding hydrogens is 224 g/mol. The van der Waals surface area contributed by atoms with E-state index in [2.05, 4.69) is 10.0 Å². The Morgan fingerprint density at radius 3 is 2.75 bits per heavy atom. The third-order valence-electron chi connectivity index (χ3n) is 2.69. The van der Waals surface area contributed by atoms with Crippen molar-refractivity contribution in [3.63, 3.8) is 0 Å². The van der Waals surface area contributed by atoms with Gasteiger partial charge in [-0.15, -0.1) is 0 Å². The molecule has 1 aromatic carbocycles. The Morgan fingerprint density at radius 1 is 1.38 bits per heavy atom. The van der Waals surface area contributed by atoms with Crippen molar-refractivity contribution < 1.29 is 8.42 Å². The lowest BCUT2D eigenvalue weighted by Gasteiger charge is -2.16. The van der Waals surface area contributed by atoms with Gasteiger partial charge in [0.1, 0.15) is 0 Å². The predicted molar refractivity (Wildman–Crippen MR) is 64.9 cm³/mol. The van der Waals surface area contributed by atoms with Gasteiger partial charge in [0.15, 0.2) is 0 Å². The molecule has 5 heteroatoms. The zero-order chi connectivity index (χ0) is 11.6. The van der Waals surface area contributed by atoms with Crippen molar-refractivity contribution in [1.82, 2.24) is 5.32 Å². The van der Waals surface area contributed by atoms with Crippen molar-refractivity contribution in [1.29, 1.82) is 0 Å². The maximum absolute atomic E-state index is 11.2. The van der Waals surface area contributed by atoms with Gasteiger partial charge in [0.2, 0.25) is 10.0 Å². The van der Waals surface area contributed by atoms with Crippen molar-refractivity contribution in [3.05, 3.63) is 29.8 Å². The molecule has 88 valence electrons. The van der Waals surface area contributed by atoms with E-state index in [9.17, 15) is 8.42 Å². The average Bonchev–Trinajstić information content (AvgIpc) is 2.69. The Labute approximate surface area is 96.1 Å². The Kier molecular flexibility index (Phi) is 3.16. The van der Waals surface area contributed by atoms with Crippen LogP contribution in [0.1, 0.15) is 24.4 Å². The summed E-state index contributed by atoms with van der Waals surface area (Å²) in [6, 6.07) is 7.81. The molecule has 1 fully saturated rings. The number of hydrogen-bond acceptors (Lipinski definition) is 3.